The van der Waals surface area contributed by atoms with E-state index in [4.69, 9.17) is 5.11 Å². The number of hydrogen-bond donors (Lipinski definition) is 1. The lowest BCUT2D eigenvalue weighted by atomic mass is 10.1. The average Bonchev–Trinajstić information content (AvgIpc) is 2.25. The second-order valence-corrected chi connectivity index (χ2v) is 3.85. The standard InChI is InChI=1S/C14H20O2/c1-5-11(2)7-6-8-12(3)9-10-13(4)14(15)16/h5,8,10H,1-2,6-7,9H2,3-4H3,(H,15,16). The van der Waals surface area contributed by atoms with E-state index < -0.39 is 5.97 Å². The van der Waals surface area contributed by atoms with Crippen molar-refractivity contribution in [1.82, 2.24) is 0 Å². The number of hydrogen-bond acceptors (Lipinski definition) is 1. The zero-order valence-electron chi connectivity index (χ0n) is 10.1. The van der Waals surface area contributed by atoms with Gasteiger partial charge in [0.05, 0.1) is 0 Å². The third kappa shape index (κ3) is 6.82. The summed E-state index contributed by atoms with van der Waals surface area (Å²) in [6.45, 7) is 11.1. The molecule has 16 heavy (non-hydrogen) atoms. The Morgan fingerprint density at radius 1 is 1.31 bits per heavy atom. The van der Waals surface area contributed by atoms with Gasteiger partial charge in [0.1, 0.15) is 0 Å². The maximum atomic E-state index is 10.5. The van der Waals surface area contributed by atoms with Gasteiger partial charge in [-0.1, -0.05) is 42.5 Å². The van der Waals surface area contributed by atoms with Gasteiger partial charge in [0.25, 0.3) is 0 Å². The molecule has 0 atom stereocenters. The van der Waals surface area contributed by atoms with Crippen molar-refractivity contribution >= 4 is 5.97 Å². The van der Waals surface area contributed by atoms with Crippen LogP contribution in [-0.2, 0) is 4.79 Å². The van der Waals surface area contributed by atoms with Gasteiger partial charge in [-0.15, -0.1) is 0 Å². The summed E-state index contributed by atoms with van der Waals surface area (Å²) in [5.41, 5.74) is 2.60. The Morgan fingerprint density at radius 3 is 2.44 bits per heavy atom. The Morgan fingerprint density at radius 2 is 1.94 bits per heavy atom. The zero-order valence-corrected chi connectivity index (χ0v) is 10.1. The van der Waals surface area contributed by atoms with Crippen molar-refractivity contribution < 1.29 is 9.90 Å². The minimum Gasteiger partial charge on any atom is -0.478 e. The summed E-state index contributed by atoms with van der Waals surface area (Å²) in [4.78, 5) is 10.5. The van der Waals surface area contributed by atoms with Crippen molar-refractivity contribution in [3.8, 4) is 0 Å². The molecule has 2 nitrogen and oxygen atoms in total. The first-order chi connectivity index (χ1) is 7.47. The van der Waals surface area contributed by atoms with Crippen LogP contribution in [0.2, 0.25) is 0 Å². The summed E-state index contributed by atoms with van der Waals surface area (Å²) in [5, 5.41) is 8.67. The zero-order chi connectivity index (χ0) is 12.6. The monoisotopic (exact) mass is 220 g/mol. The van der Waals surface area contributed by atoms with E-state index in [0.717, 1.165) is 18.4 Å². The highest BCUT2D eigenvalue weighted by atomic mass is 16.4. The Labute approximate surface area is 97.7 Å². The third-order valence-corrected chi connectivity index (χ3v) is 2.31. The van der Waals surface area contributed by atoms with E-state index in [1.165, 1.54) is 5.57 Å². The molecular formula is C14H20O2. The van der Waals surface area contributed by atoms with Crippen LogP contribution in [0.25, 0.3) is 0 Å². The second kappa shape index (κ2) is 7.69. The molecule has 0 aromatic rings. The molecule has 0 rings (SSSR count). The lowest BCUT2D eigenvalue weighted by Crippen LogP contribution is -1.95. The SMILES string of the molecule is C=CC(=C)CCC=C(C)CC=C(C)C(=O)O. The van der Waals surface area contributed by atoms with Gasteiger partial charge in [0.15, 0.2) is 0 Å². The molecule has 0 saturated heterocycles. The normalized spacial score (nSPS) is 12.4. The molecule has 0 aliphatic carbocycles. The van der Waals surface area contributed by atoms with Gasteiger partial charge >= 0.3 is 5.97 Å². The molecule has 0 fully saturated rings. The Kier molecular flexibility index (Phi) is 6.93. The first-order valence-electron chi connectivity index (χ1n) is 5.33. The van der Waals surface area contributed by atoms with Crippen LogP contribution in [0.4, 0.5) is 0 Å². The highest BCUT2D eigenvalue weighted by Gasteiger charge is 1.98. The lowest BCUT2D eigenvalue weighted by molar-refractivity contribution is -0.132. The van der Waals surface area contributed by atoms with Crippen LogP contribution >= 0.6 is 0 Å². The summed E-state index contributed by atoms with van der Waals surface area (Å²) in [6.07, 6.45) is 8.13. The molecule has 0 aromatic carbocycles. The fraction of sp³-hybridized carbons (Fsp3) is 0.357. The van der Waals surface area contributed by atoms with Crippen molar-refractivity contribution in [2.75, 3.05) is 0 Å². The van der Waals surface area contributed by atoms with Crippen LogP contribution in [0.15, 0.2) is 48.1 Å². The first-order valence-corrected chi connectivity index (χ1v) is 5.33. The number of rotatable bonds is 7. The summed E-state index contributed by atoms with van der Waals surface area (Å²) in [6, 6.07) is 0. The maximum Gasteiger partial charge on any atom is 0.330 e. The van der Waals surface area contributed by atoms with E-state index in [1.807, 2.05) is 6.92 Å². The van der Waals surface area contributed by atoms with Crippen LogP contribution in [0.3, 0.4) is 0 Å². The molecule has 0 aliphatic rings. The van der Waals surface area contributed by atoms with Crippen molar-refractivity contribution in [3.05, 3.63) is 48.1 Å². The van der Waals surface area contributed by atoms with Crippen molar-refractivity contribution in [1.29, 1.82) is 0 Å². The quantitative estimate of drug-likeness (QED) is 0.401. The average molecular weight is 220 g/mol. The van der Waals surface area contributed by atoms with Crippen molar-refractivity contribution in [3.63, 3.8) is 0 Å². The molecule has 0 aliphatic heterocycles. The highest BCUT2D eigenvalue weighted by Crippen LogP contribution is 2.09. The molecule has 0 saturated carbocycles. The minimum atomic E-state index is -0.854. The lowest BCUT2D eigenvalue weighted by Gasteiger charge is -1.99. The number of carboxylic acids is 1. The van der Waals surface area contributed by atoms with E-state index in [0.29, 0.717) is 12.0 Å². The van der Waals surface area contributed by atoms with Crippen LogP contribution < -0.4 is 0 Å². The summed E-state index contributed by atoms with van der Waals surface area (Å²) < 4.78 is 0. The van der Waals surface area contributed by atoms with Crippen molar-refractivity contribution in [2.24, 2.45) is 0 Å². The fourth-order valence-electron chi connectivity index (χ4n) is 1.09. The van der Waals surface area contributed by atoms with Gasteiger partial charge in [-0.25, -0.2) is 4.79 Å². The smallest absolute Gasteiger partial charge is 0.330 e. The summed E-state index contributed by atoms with van der Waals surface area (Å²) in [5.74, 6) is -0.854. The van der Waals surface area contributed by atoms with E-state index in [1.54, 1.807) is 19.1 Å². The number of carbonyl (C=O) groups is 1. The van der Waals surface area contributed by atoms with Crippen LogP contribution in [0.5, 0.6) is 0 Å². The van der Waals surface area contributed by atoms with Crippen LogP contribution in [0.1, 0.15) is 33.1 Å². The second-order valence-electron chi connectivity index (χ2n) is 3.85. The Bertz CT molecular complexity index is 333. The Balaban J connectivity index is 4.06. The molecule has 0 heterocycles. The van der Waals surface area contributed by atoms with E-state index >= 15 is 0 Å². The van der Waals surface area contributed by atoms with Gasteiger partial charge in [-0.3, -0.25) is 0 Å². The van der Waals surface area contributed by atoms with Crippen LogP contribution in [0, 0.1) is 0 Å². The summed E-state index contributed by atoms with van der Waals surface area (Å²) >= 11 is 0. The van der Waals surface area contributed by atoms with Crippen LogP contribution in [-0.4, -0.2) is 11.1 Å². The molecule has 0 spiro atoms. The molecule has 0 amide bonds. The molecular weight excluding hydrogens is 200 g/mol. The van der Waals surface area contributed by atoms with Gasteiger partial charge in [0, 0.05) is 5.57 Å². The van der Waals surface area contributed by atoms with Crippen molar-refractivity contribution in [2.45, 2.75) is 33.1 Å². The van der Waals surface area contributed by atoms with E-state index in [-0.39, 0.29) is 0 Å². The number of aliphatic carboxylic acids is 1. The molecule has 2 heteroatoms. The predicted molar refractivity (Wildman–Crippen MR) is 68.3 cm³/mol. The van der Waals surface area contributed by atoms with Gasteiger partial charge in [0.2, 0.25) is 0 Å². The molecule has 1 N–H and O–H groups in total. The minimum absolute atomic E-state index is 0.392. The molecule has 0 unspecified atom stereocenters. The van der Waals surface area contributed by atoms with Gasteiger partial charge < -0.3 is 5.11 Å². The van der Waals surface area contributed by atoms with Gasteiger partial charge in [-0.05, 0) is 33.1 Å². The third-order valence-electron chi connectivity index (χ3n) is 2.31. The molecule has 0 radical (unpaired) electrons. The topological polar surface area (TPSA) is 37.3 Å². The number of allylic oxidation sites excluding steroid dienone is 5. The molecule has 0 bridgehead atoms. The Hall–Kier alpha value is -1.57. The molecule has 0 aromatic heterocycles. The van der Waals surface area contributed by atoms with E-state index in [2.05, 4.69) is 19.2 Å². The maximum absolute atomic E-state index is 10.5. The highest BCUT2D eigenvalue weighted by molar-refractivity contribution is 5.85. The van der Waals surface area contributed by atoms with Gasteiger partial charge in [-0.2, -0.15) is 0 Å². The molecule has 88 valence electrons. The van der Waals surface area contributed by atoms with E-state index in [9.17, 15) is 4.79 Å². The largest absolute Gasteiger partial charge is 0.478 e. The fourth-order valence-corrected chi connectivity index (χ4v) is 1.09. The first kappa shape index (κ1) is 14.4. The predicted octanol–water partition coefficient (Wildman–Crippen LogP) is 3.88. The number of carboxylic acid groups (broad SMARTS) is 1. The summed E-state index contributed by atoms with van der Waals surface area (Å²) in [7, 11) is 0.